The van der Waals surface area contributed by atoms with Crippen molar-refractivity contribution in [3.8, 4) is 0 Å². The van der Waals surface area contributed by atoms with Crippen molar-refractivity contribution in [1.82, 2.24) is 8.52 Å². The highest BCUT2D eigenvalue weighted by atomic mass is 32.1. The number of hydrogen-bond donors (Lipinski definition) is 0. The maximum Gasteiger partial charge on any atom is 0.341 e. The second-order valence-corrected chi connectivity index (χ2v) is 5.14. The Morgan fingerprint density at radius 1 is 1.17 bits per heavy atom. The molecule has 0 fully saturated rings. The number of benzene rings is 1. The van der Waals surface area contributed by atoms with Crippen molar-refractivity contribution in [2.24, 2.45) is 0 Å². The molecule has 0 aliphatic heterocycles. The molecule has 0 amide bonds. The summed E-state index contributed by atoms with van der Waals surface area (Å²) in [5.74, 6) is 0. The molecular formula is C13H16N2O2S. The van der Waals surface area contributed by atoms with Crippen molar-refractivity contribution < 1.29 is 0 Å². The largest absolute Gasteiger partial charge is 0.341 e. The maximum absolute atomic E-state index is 12.0. The summed E-state index contributed by atoms with van der Waals surface area (Å²) in [6.07, 6.45) is 1.93. The van der Waals surface area contributed by atoms with Gasteiger partial charge in [0, 0.05) is 18.1 Å². The molecule has 0 saturated heterocycles. The first-order chi connectivity index (χ1) is 8.72. The van der Waals surface area contributed by atoms with Crippen molar-refractivity contribution in [2.45, 2.75) is 32.9 Å². The highest BCUT2D eigenvalue weighted by Crippen LogP contribution is 2.00. The molecule has 1 aromatic carbocycles. The molecule has 0 unspecified atom stereocenters. The summed E-state index contributed by atoms with van der Waals surface area (Å²) in [4.78, 5) is 23.6. The van der Waals surface area contributed by atoms with Crippen LogP contribution in [0.5, 0.6) is 0 Å². The van der Waals surface area contributed by atoms with Gasteiger partial charge in [0.15, 0.2) is 0 Å². The fraction of sp³-hybridized carbons (Fsp3) is 0.385. The fourth-order valence-corrected chi connectivity index (χ4v) is 2.56. The third-order valence-corrected chi connectivity index (χ3v) is 3.69. The molecule has 0 bridgehead atoms. The van der Waals surface area contributed by atoms with Gasteiger partial charge in [0.2, 0.25) is 0 Å². The molecule has 5 heteroatoms. The third kappa shape index (κ3) is 2.79. The second kappa shape index (κ2) is 5.82. The van der Waals surface area contributed by atoms with E-state index in [0.717, 1.165) is 29.9 Å². The molecule has 0 aliphatic rings. The smallest absolute Gasteiger partial charge is 0.255 e. The van der Waals surface area contributed by atoms with E-state index in [1.54, 1.807) is 3.96 Å². The molecule has 1 heterocycles. The quantitative estimate of drug-likeness (QED) is 0.828. The first-order valence-electron chi connectivity index (χ1n) is 6.07. The Labute approximate surface area is 109 Å². The molecule has 0 saturated carbocycles. The van der Waals surface area contributed by atoms with Gasteiger partial charge in [-0.25, -0.2) is 13.3 Å². The van der Waals surface area contributed by atoms with Crippen LogP contribution >= 0.6 is 11.5 Å². The lowest BCUT2D eigenvalue weighted by atomic mass is 10.2. The van der Waals surface area contributed by atoms with Crippen molar-refractivity contribution in [1.29, 1.82) is 0 Å². The fourth-order valence-electron chi connectivity index (χ4n) is 1.74. The van der Waals surface area contributed by atoms with E-state index >= 15 is 0 Å². The zero-order valence-corrected chi connectivity index (χ0v) is 11.2. The van der Waals surface area contributed by atoms with Crippen LogP contribution in [0.4, 0.5) is 0 Å². The first kappa shape index (κ1) is 12.8. The first-order valence-corrected chi connectivity index (χ1v) is 6.84. The van der Waals surface area contributed by atoms with Crippen molar-refractivity contribution in [3.63, 3.8) is 0 Å². The lowest BCUT2D eigenvalue weighted by Gasteiger charge is -2.00. The molecule has 0 radical (unpaired) electrons. The summed E-state index contributed by atoms with van der Waals surface area (Å²) in [6, 6.07) is 9.56. The molecule has 2 aromatic rings. The monoisotopic (exact) mass is 264 g/mol. The summed E-state index contributed by atoms with van der Waals surface area (Å²) in [5.41, 5.74) is 0.777. The zero-order chi connectivity index (χ0) is 13.0. The number of aryl methyl sites for hydroxylation is 1. The van der Waals surface area contributed by atoms with Crippen LogP contribution in [0, 0.1) is 0 Å². The molecule has 0 spiro atoms. The standard InChI is InChI=1S/C13H16N2O2S/c1-2-3-9-15-12(16)14(13(17)18-15)10-11-7-5-4-6-8-11/h4-8H,2-3,9-10H2,1H3. The molecule has 0 atom stereocenters. The van der Waals surface area contributed by atoms with Gasteiger partial charge >= 0.3 is 10.6 Å². The normalized spacial score (nSPS) is 10.7. The van der Waals surface area contributed by atoms with Crippen LogP contribution in [0.3, 0.4) is 0 Å². The average Bonchev–Trinajstić information content (AvgIpc) is 2.65. The van der Waals surface area contributed by atoms with Gasteiger partial charge in [0.1, 0.15) is 0 Å². The van der Waals surface area contributed by atoms with Crippen LogP contribution in [0.15, 0.2) is 39.9 Å². The number of hydrogen-bond acceptors (Lipinski definition) is 3. The van der Waals surface area contributed by atoms with E-state index in [1.807, 2.05) is 30.3 Å². The molecule has 1 aromatic heterocycles. The summed E-state index contributed by atoms with van der Waals surface area (Å²) in [5, 5.41) is 0. The van der Waals surface area contributed by atoms with Gasteiger partial charge in [0.05, 0.1) is 6.54 Å². The van der Waals surface area contributed by atoms with Crippen molar-refractivity contribution in [3.05, 3.63) is 56.0 Å². The minimum atomic E-state index is -0.192. The molecular weight excluding hydrogens is 248 g/mol. The molecule has 0 N–H and O–H groups in total. The minimum absolute atomic E-state index is 0.181. The number of aromatic nitrogens is 2. The topological polar surface area (TPSA) is 44.0 Å². The number of unbranched alkanes of at least 4 members (excludes halogenated alkanes) is 1. The molecule has 4 nitrogen and oxygen atoms in total. The zero-order valence-electron chi connectivity index (χ0n) is 10.3. The van der Waals surface area contributed by atoms with E-state index in [-0.39, 0.29) is 10.6 Å². The molecule has 2 rings (SSSR count). The van der Waals surface area contributed by atoms with Crippen LogP contribution in [-0.4, -0.2) is 8.52 Å². The number of rotatable bonds is 5. The Morgan fingerprint density at radius 2 is 1.89 bits per heavy atom. The van der Waals surface area contributed by atoms with Crippen LogP contribution in [-0.2, 0) is 13.1 Å². The van der Waals surface area contributed by atoms with Crippen LogP contribution < -0.4 is 10.6 Å². The van der Waals surface area contributed by atoms with Gasteiger partial charge in [-0.05, 0) is 12.0 Å². The SMILES string of the molecule is CCCCn1sc(=O)n(Cc2ccccc2)c1=O. The Kier molecular flexibility index (Phi) is 4.15. The van der Waals surface area contributed by atoms with E-state index in [1.165, 1.54) is 4.57 Å². The van der Waals surface area contributed by atoms with E-state index in [2.05, 4.69) is 6.92 Å². The summed E-state index contributed by atoms with van der Waals surface area (Å²) < 4.78 is 2.85. The highest BCUT2D eigenvalue weighted by Gasteiger charge is 2.09. The molecule has 18 heavy (non-hydrogen) atoms. The van der Waals surface area contributed by atoms with Crippen molar-refractivity contribution in [2.75, 3.05) is 0 Å². The van der Waals surface area contributed by atoms with Crippen LogP contribution in [0.1, 0.15) is 25.3 Å². The lowest BCUT2D eigenvalue weighted by Crippen LogP contribution is -2.29. The predicted molar refractivity (Wildman–Crippen MR) is 73.3 cm³/mol. The van der Waals surface area contributed by atoms with Gasteiger partial charge in [-0.15, -0.1) is 0 Å². The summed E-state index contributed by atoms with van der Waals surface area (Å²) in [6.45, 7) is 3.06. The highest BCUT2D eigenvalue weighted by molar-refractivity contribution is 7.03. The van der Waals surface area contributed by atoms with E-state index in [0.29, 0.717) is 13.1 Å². The van der Waals surface area contributed by atoms with E-state index in [4.69, 9.17) is 0 Å². The summed E-state index contributed by atoms with van der Waals surface area (Å²) in [7, 11) is 0. The average molecular weight is 264 g/mol. The Morgan fingerprint density at radius 3 is 2.56 bits per heavy atom. The Hall–Kier alpha value is -1.62. The maximum atomic E-state index is 12.0. The van der Waals surface area contributed by atoms with Gasteiger partial charge < -0.3 is 0 Å². The van der Waals surface area contributed by atoms with Crippen LogP contribution in [0.2, 0.25) is 0 Å². The van der Waals surface area contributed by atoms with Gasteiger partial charge in [0.25, 0.3) is 0 Å². The second-order valence-electron chi connectivity index (χ2n) is 4.17. The van der Waals surface area contributed by atoms with Gasteiger partial charge in [-0.2, -0.15) is 0 Å². The van der Waals surface area contributed by atoms with E-state index < -0.39 is 0 Å². The van der Waals surface area contributed by atoms with Crippen molar-refractivity contribution >= 4 is 11.5 Å². The Bertz CT molecular complexity index is 610. The van der Waals surface area contributed by atoms with Gasteiger partial charge in [-0.3, -0.25) is 4.79 Å². The summed E-state index contributed by atoms with van der Waals surface area (Å²) >= 11 is 1.01. The van der Waals surface area contributed by atoms with Crippen LogP contribution in [0.25, 0.3) is 0 Å². The molecule has 0 aliphatic carbocycles. The lowest BCUT2D eigenvalue weighted by molar-refractivity contribution is 0.614. The number of nitrogens with zero attached hydrogens (tertiary/aromatic N) is 2. The molecule has 96 valence electrons. The third-order valence-electron chi connectivity index (χ3n) is 2.75. The van der Waals surface area contributed by atoms with Gasteiger partial charge in [-0.1, -0.05) is 43.7 Å². The predicted octanol–water partition coefficient (Wildman–Crippen LogP) is 1.92. The van der Waals surface area contributed by atoms with E-state index in [9.17, 15) is 9.59 Å². The Balaban J connectivity index is 2.26. The minimum Gasteiger partial charge on any atom is -0.255 e.